The number of non-ortho nitro benzene ring substituents is 1. The molecule has 2 fully saturated rings. The maximum Gasteiger partial charge on any atom is 0.331 e. The number of benzene rings is 1. The molecule has 4 amide bonds. The Labute approximate surface area is 174 Å². The van der Waals surface area contributed by atoms with Gasteiger partial charge >= 0.3 is 6.03 Å². The van der Waals surface area contributed by atoms with Crippen LogP contribution in [-0.4, -0.2) is 45.8 Å². The molecule has 0 unspecified atom stereocenters. The number of imide groups is 2. The second-order valence-corrected chi connectivity index (χ2v) is 9.35. The van der Waals surface area contributed by atoms with E-state index in [2.05, 4.69) is 10.2 Å². The van der Waals surface area contributed by atoms with E-state index < -0.39 is 39.8 Å². The van der Waals surface area contributed by atoms with Crippen molar-refractivity contribution >= 4 is 29.2 Å². The van der Waals surface area contributed by atoms with E-state index in [1.807, 2.05) is 0 Å². The fourth-order valence-corrected chi connectivity index (χ4v) is 5.15. The number of rotatable bonds is 1. The first kappa shape index (κ1) is 20.3. The Kier molecular flexibility index (Phi) is 4.59. The van der Waals surface area contributed by atoms with Crippen molar-refractivity contribution in [2.45, 2.75) is 64.5 Å². The monoisotopic (exact) mass is 414 g/mol. The van der Waals surface area contributed by atoms with Crippen LogP contribution in [0.2, 0.25) is 0 Å². The highest BCUT2D eigenvalue weighted by molar-refractivity contribution is 6.20. The van der Waals surface area contributed by atoms with Crippen LogP contribution in [0.5, 0.6) is 0 Å². The third-order valence-electron chi connectivity index (χ3n) is 6.46. The van der Waals surface area contributed by atoms with Crippen molar-refractivity contribution in [3.8, 4) is 0 Å². The normalized spacial score (nSPS) is 26.8. The molecule has 1 aromatic carbocycles. The minimum Gasteiger partial charge on any atom is -0.367 e. The topological polar surface area (TPSA) is 113 Å². The molecule has 1 aromatic rings. The zero-order valence-electron chi connectivity index (χ0n) is 17.4. The maximum atomic E-state index is 13.8. The quantitative estimate of drug-likeness (QED) is 0.429. The molecule has 30 heavy (non-hydrogen) atoms. The number of nitro groups is 1. The Morgan fingerprint density at radius 2 is 1.90 bits per heavy atom. The average molecular weight is 414 g/mol. The standard InChI is InChI=1S/C21H26N4O5/c1-20(2,3)24-18(27)21(17(26)22-19(24)28)12-13-11-14(25(29)30)8-9-15(13)23-10-6-4-5-7-16(21)23/h8-9,11,16H,4-7,10,12H2,1-3H3,(H,22,26,28)/t16-,21+/m1/s1. The summed E-state index contributed by atoms with van der Waals surface area (Å²) in [6.07, 6.45) is 3.43. The molecular weight excluding hydrogens is 388 g/mol. The molecule has 3 aliphatic rings. The van der Waals surface area contributed by atoms with E-state index in [9.17, 15) is 24.5 Å². The Morgan fingerprint density at radius 1 is 1.17 bits per heavy atom. The maximum absolute atomic E-state index is 13.8. The lowest BCUT2D eigenvalue weighted by Gasteiger charge is -2.53. The van der Waals surface area contributed by atoms with Crippen molar-refractivity contribution < 1.29 is 19.3 Å². The molecule has 2 atom stereocenters. The van der Waals surface area contributed by atoms with Gasteiger partial charge in [0, 0.05) is 36.3 Å². The highest BCUT2D eigenvalue weighted by Crippen LogP contribution is 2.48. The Hall–Kier alpha value is -2.97. The minimum atomic E-state index is -1.49. The SMILES string of the molecule is CC(C)(C)N1C(=O)NC(=O)[C@@]2(Cc3cc([N+](=O)[O-])ccc3N3CCCCC[C@@H]32)C1=O. The van der Waals surface area contributed by atoms with E-state index in [4.69, 9.17) is 0 Å². The zero-order valence-corrected chi connectivity index (χ0v) is 17.4. The smallest absolute Gasteiger partial charge is 0.331 e. The summed E-state index contributed by atoms with van der Waals surface area (Å²) in [6, 6.07) is 3.52. The van der Waals surface area contributed by atoms with Gasteiger partial charge in [-0.3, -0.25) is 29.9 Å². The number of fused-ring (bicyclic) bond motifs is 4. The van der Waals surface area contributed by atoms with Gasteiger partial charge in [-0.1, -0.05) is 12.8 Å². The summed E-state index contributed by atoms with van der Waals surface area (Å²) in [7, 11) is 0. The number of nitrogens with one attached hydrogen (secondary N) is 1. The predicted molar refractivity (Wildman–Crippen MR) is 109 cm³/mol. The number of hydrogen-bond acceptors (Lipinski definition) is 6. The molecule has 4 rings (SSSR count). The molecule has 1 N–H and O–H groups in total. The first-order valence-corrected chi connectivity index (χ1v) is 10.3. The second-order valence-electron chi connectivity index (χ2n) is 9.35. The molecule has 3 heterocycles. The summed E-state index contributed by atoms with van der Waals surface area (Å²) in [4.78, 5) is 53.8. The van der Waals surface area contributed by atoms with Gasteiger partial charge in [-0.25, -0.2) is 4.79 Å². The van der Waals surface area contributed by atoms with Crippen molar-refractivity contribution in [3.05, 3.63) is 33.9 Å². The molecule has 9 nitrogen and oxygen atoms in total. The molecule has 1 spiro atoms. The van der Waals surface area contributed by atoms with Crippen LogP contribution in [0.3, 0.4) is 0 Å². The highest BCUT2D eigenvalue weighted by atomic mass is 16.6. The molecule has 0 bridgehead atoms. The van der Waals surface area contributed by atoms with Gasteiger partial charge in [0.2, 0.25) is 11.8 Å². The van der Waals surface area contributed by atoms with Crippen molar-refractivity contribution in [2.75, 3.05) is 11.4 Å². The fraction of sp³-hybridized carbons (Fsp3) is 0.571. The summed E-state index contributed by atoms with van der Waals surface area (Å²) in [5.41, 5.74) is -0.960. The number of hydrogen-bond donors (Lipinski definition) is 1. The van der Waals surface area contributed by atoms with Crippen molar-refractivity contribution in [1.29, 1.82) is 0 Å². The Bertz CT molecular complexity index is 953. The molecule has 3 aliphatic heterocycles. The van der Waals surface area contributed by atoms with E-state index in [0.29, 0.717) is 18.5 Å². The average Bonchev–Trinajstić information content (AvgIpc) is 2.91. The van der Waals surface area contributed by atoms with Crippen LogP contribution in [0.25, 0.3) is 0 Å². The molecule has 9 heteroatoms. The summed E-state index contributed by atoms with van der Waals surface area (Å²) in [5.74, 6) is -1.12. The zero-order chi connectivity index (χ0) is 21.8. The fourth-order valence-electron chi connectivity index (χ4n) is 5.15. The van der Waals surface area contributed by atoms with Gasteiger partial charge in [0.15, 0.2) is 5.41 Å². The van der Waals surface area contributed by atoms with E-state index in [1.165, 1.54) is 12.1 Å². The summed E-state index contributed by atoms with van der Waals surface area (Å²) < 4.78 is 0. The minimum absolute atomic E-state index is 0.0374. The number of nitrogens with zero attached hydrogens (tertiary/aromatic N) is 3. The molecule has 0 aliphatic carbocycles. The van der Waals surface area contributed by atoms with E-state index >= 15 is 0 Å². The van der Waals surface area contributed by atoms with Gasteiger partial charge in [-0.2, -0.15) is 0 Å². The number of nitro benzene ring substituents is 1. The van der Waals surface area contributed by atoms with E-state index in [1.54, 1.807) is 26.8 Å². The van der Waals surface area contributed by atoms with Crippen LogP contribution in [0.15, 0.2) is 18.2 Å². The second kappa shape index (κ2) is 6.78. The van der Waals surface area contributed by atoms with Crippen LogP contribution in [0.1, 0.15) is 52.0 Å². The third kappa shape index (κ3) is 2.86. The number of amides is 4. The van der Waals surface area contributed by atoms with Gasteiger partial charge in [0.25, 0.3) is 5.69 Å². The number of carbonyl (C=O) groups is 3. The van der Waals surface area contributed by atoms with Gasteiger partial charge in [-0.05, 0) is 45.2 Å². The van der Waals surface area contributed by atoms with E-state index in [0.717, 1.165) is 29.8 Å². The lowest BCUT2D eigenvalue weighted by atomic mass is 9.67. The first-order valence-electron chi connectivity index (χ1n) is 10.3. The third-order valence-corrected chi connectivity index (χ3v) is 6.46. The van der Waals surface area contributed by atoms with Gasteiger partial charge in [0.1, 0.15) is 0 Å². The molecular formula is C21H26N4O5. The van der Waals surface area contributed by atoms with Crippen LogP contribution in [-0.2, 0) is 16.0 Å². The van der Waals surface area contributed by atoms with Crippen LogP contribution >= 0.6 is 0 Å². The lowest BCUT2D eigenvalue weighted by molar-refractivity contribution is -0.384. The summed E-state index contributed by atoms with van der Waals surface area (Å²) >= 11 is 0. The van der Waals surface area contributed by atoms with Crippen LogP contribution in [0, 0.1) is 15.5 Å². The molecule has 0 saturated carbocycles. The number of carbonyl (C=O) groups excluding carboxylic acids is 3. The predicted octanol–water partition coefficient (Wildman–Crippen LogP) is 2.76. The molecule has 160 valence electrons. The Morgan fingerprint density at radius 3 is 2.57 bits per heavy atom. The summed E-state index contributed by atoms with van der Waals surface area (Å²) in [6.45, 7) is 5.91. The van der Waals surface area contributed by atoms with Crippen molar-refractivity contribution in [3.63, 3.8) is 0 Å². The van der Waals surface area contributed by atoms with Crippen LogP contribution in [0.4, 0.5) is 16.2 Å². The molecule has 0 radical (unpaired) electrons. The first-order chi connectivity index (χ1) is 14.1. The van der Waals surface area contributed by atoms with Crippen LogP contribution < -0.4 is 10.2 Å². The lowest BCUT2D eigenvalue weighted by Crippen LogP contribution is -2.74. The largest absolute Gasteiger partial charge is 0.367 e. The number of anilines is 1. The highest BCUT2D eigenvalue weighted by Gasteiger charge is 2.63. The van der Waals surface area contributed by atoms with Gasteiger partial charge < -0.3 is 4.90 Å². The molecule has 2 saturated heterocycles. The number of urea groups is 1. The summed E-state index contributed by atoms with van der Waals surface area (Å²) in [5, 5.41) is 13.8. The van der Waals surface area contributed by atoms with Crippen molar-refractivity contribution in [1.82, 2.24) is 10.2 Å². The number of barbiturate groups is 1. The Balaban J connectivity index is 1.92. The van der Waals surface area contributed by atoms with Gasteiger partial charge in [0.05, 0.1) is 11.0 Å². The van der Waals surface area contributed by atoms with E-state index in [-0.39, 0.29) is 12.1 Å². The van der Waals surface area contributed by atoms with Gasteiger partial charge in [-0.15, -0.1) is 0 Å². The molecule has 0 aromatic heterocycles. The van der Waals surface area contributed by atoms with Crippen molar-refractivity contribution in [2.24, 2.45) is 5.41 Å².